The Labute approximate surface area is 87.0 Å². The average Bonchev–Trinajstić information content (AvgIpc) is 2.78. The third-order valence-electron chi connectivity index (χ3n) is 3.26. The summed E-state index contributed by atoms with van der Waals surface area (Å²) < 4.78 is 5.03. The first-order chi connectivity index (χ1) is 6.72. The molecule has 0 saturated heterocycles. The summed E-state index contributed by atoms with van der Waals surface area (Å²) in [5.41, 5.74) is 0. The van der Waals surface area contributed by atoms with Crippen molar-refractivity contribution in [3.8, 4) is 0 Å². The molecule has 2 heteroatoms. The van der Waals surface area contributed by atoms with Crippen molar-refractivity contribution in [3.05, 3.63) is 0 Å². The maximum absolute atomic E-state index is 11.4. The normalized spacial score (nSPS) is 30.1. The van der Waals surface area contributed by atoms with Crippen LogP contribution in [-0.4, -0.2) is 12.6 Å². The molecule has 2 nitrogen and oxygen atoms in total. The first-order valence-electron chi connectivity index (χ1n) is 5.89. The summed E-state index contributed by atoms with van der Waals surface area (Å²) in [5.74, 6) is 1.42. The smallest absolute Gasteiger partial charge is 0.309 e. The molecule has 0 N–H and O–H groups in total. The SMILES string of the molecule is CCCCCC1C(C)C1C(=O)OCC. The molecule has 1 aliphatic rings. The Bertz CT molecular complexity index is 189. The molecule has 0 radical (unpaired) electrons. The molecule has 0 aromatic heterocycles. The summed E-state index contributed by atoms with van der Waals surface area (Å²) in [6.07, 6.45) is 5.02. The number of rotatable bonds is 6. The number of carbonyl (C=O) groups is 1. The Morgan fingerprint density at radius 1 is 1.29 bits per heavy atom. The second-order valence-corrected chi connectivity index (χ2v) is 4.30. The molecule has 0 aromatic carbocycles. The number of unbranched alkanes of at least 4 members (excludes halogenated alkanes) is 2. The van der Waals surface area contributed by atoms with Crippen LogP contribution >= 0.6 is 0 Å². The molecule has 82 valence electrons. The summed E-state index contributed by atoms with van der Waals surface area (Å²) in [4.78, 5) is 11.4. The molecule has 1 rings (SSSR count). The van der Waals surface area contributed by atoms with Gasteiger partial charge in [-0.3, -0.25) is 4.79 Å². The van der Waals surface area contributed by atoms with E-state index in [4.69, 9.17) is 4.74 Å². The van der Waals surface area contributed by atoms with E-state index >= 15 is 0 Å². The highest BCUT2D eigenvalue weighted by atomic mass is 16.5. The van der Waals surface area contributed by atoms with Crippen LogP contribution in [0.5, 0.6) is 0 Å². The number of hydrogen-bond acceptors (Lipinski definition) is 2. The predicted molar refractivity (Wildman–Crippen MR) is 56.9 cm³/mol. The van der Waals surface area contributed by atoms with Gasteiger partial charge in [0.05, 0.1) is 12.5 Å². The van der Waals surface area contributed by atoms with Gasteiger partial charge in [0.25, 0.3) is 0 Å². The lowest BCUT2D eigenvalue weighted by Gasteiger charge is -2.00. The molecule has 0 bridgehead atoms. The predicted octanol–water partition coefficient (Wildman–Crippen LogP) is 3.01. The fourth-order valence-corrected chi connectivity index (χ4v) is 2.25. The highest BCUT2D eigenvalue weighted by molar-refractivity contribution is 5.76. The molecule has 0 amide bonds. The lowest BCUT2D eigenvalue weighted by molar-refractivity contribution is -0.145. The van der Waals surface area contributed by atoms with Gasteiger partial charge in [0, 0.05) is 0 Å². The second-order valence-electron chi connectivity index (χ2n) is 4.30. The Balaban J connectivity index is 2.20. The third-order valence-corrected chi connectivity index (χ3v) is 3.26. The maximum atomic E-state index is 11.4. The number of esters is 1. The molecule has 3 unspecified atom stereocenters. The van der Waals surface area contributed by atoms with E-state index in [1.165, 1.54) is 25.7 Å². The Kier molecular flexibility index (Phi) is 4.43. The van der Waals surface area contributed by atoms with Crippen LogP contribution in [0.15, 0.2) is 0 Å². The summed E-state index contributed by atoms with van der Waals surface area (Å²) in [5, 5.41) is 0. The quantitative estimate of drug-likeness (QED) is 0.484. The summed E-state index contributed by atoms with van der Waals surface area (Å²) in [6, 6.07) is 0. The minimum Gasteiger partial charge on any atom is -0.466 e. The zero-order valence-electron chi connectivity index (χ0n) is 9.58. The van der Waals surface area contributed by atoms with Gasteiger partial charge in [-0.2, -0.15) is 0 Å². The van der Waals surface area contributed by atoms with Gasteiger partial charge in [0.15, 0.2) is 0 Å². The zero-order chi connectivity index (χ0) is 10.6. The van der Waals surface area contributed by atoms with Crippen molar-refractivity contribution < 1.29 is 9.53 Å². The molecule has 3 atom stereocenters. The van der Waals surface area contributed by atoms with Crippen molar-refractivity contribution in [3.63, 3.8) is 0 Å². The van der Waals surface area contributed by atoms with E-state index < -0.39 is 0 Å². The van der Waals surface area contributed by atoms with E-state index in [0.29, 0.717) is 18.4 Å². The maximum Gasteiger partial charge on any atom is 0.309 e. The van der Waals surface area contributed by atoms with Gasteiger partial charge < -0.3 is 4.74 Å². The van der Waals surface area contributed by atoms with E-state index in [2.05, 4.69) is 13.8 Å². The van der Waals surface area contributed by atoms with Crippen LogP contribution in [0.25, 0.3) is 0 Å². The number of ether oxygens (including phenoxy) is 1. The first kappa shape index (κ1) is 11.5. The largest absolute Gasteiger partial charge is 0.466 e. The highest BCUT2D eigenvalue weighted by Crippen LogP contribution is 2.49. The van der Waals surface area contributed by atoms with E-state index in [1.54, 1.807) is 0 Å². The van der Waals surface area contributed by atoms with Gasteiger partial charge in [-0.15, -0.1) is 0 Å². The van der Waals surface area contributed by atoms with E-state index in [-0.39, 0.29) is 11.9 Å². The van der Waals surface area contributed by atoms with Crippen LogP contribution in [0.4, 0.5) is 0 Å². The fraction of sp³-hybridized carbons (Fsp3) is 0.917. The molecule has 1 aliphatic carbocycles. The van der Waals surface area contributed by atoms with E-state index in [9.17, 15) is 4.79 Å². The van der Waals surface area contributed by atoms with Gasteiger partial charge in [-0.1, -0.05) is 33.1 Å². The van der Waals surface area contributed by atoms with Crippen LogP contribution in [0.2, 0.25) is 0 Å². The van der Waals surface area contributed by atoms with Crippen molar-refractivity contribution >= 4 is 5.97 Å². The lowest BCUT2D eigenvalue weighted by atomic mass is 10.1. The van der Waals surface area contributed by atoms with E-state index in [0.717, 1.165) is 0 Å². The Morgan fingerprint density at radius 2 is 2.00 bits per heavy atom. The van der Waals surface area contributed by atoms with Gasteiger partial charge >= 0.3 is 5.97 Å². The van der Waals surface area contributed by atoms with Crippen molar-refractivity contribution in [1.82, 2.24) is 0 Å². The molecular weight excluding hydrogens is 176 g/mol. The van der Waals surface area contributed by atoms with Crippen molar-refractivity contribution in [2.75, 3.05) is 6.61 Å². The second kappa shape index (κ2) is 5.38. The van der Waals surface area contributed by atoms with Crippen LogP contribution < -0.4 is 0 Å². The minimum absolute atomic E-state index is 0.0292. The summed E-state index contributed by atoms with van der Waals surface area (Å²) in [7, 11) is 0. The number of carbonyl (C=O) groups excluding carboxylic acids is 1. The van der Waals surface area contributed by atoms with Crippen molar-refractivity contribution in [2.24, 2.45) is 17.8 Å². The van der Waals surface area contributed by atoms with Crippen LogP contribution in [0.3, 0.4) is 0 Å². The molecule has 0 spiro atoms. The molecule has 0 aliphatic heterocycles. The number of hydrogen-bond donors (Lipinski definition) is 0. The summed E-state index contributed by atoms with van der Waals surface area (Å²) >= 11 is 0. The molecule has 1 fully saturated rings. The van der Waals surface area contributed by atoms with Gasteiger partial charge in [-0.25, -0.2) is 0 Å². The topological polar surface area (TPSA) is 26.3 Å². The summed E-state index contributed by atoms with van der Waals surface area (Å²) in [6.45, 7) is 6.76. The van der Waals surface area contributed by atoms with E-state index in [1.807, 2.05) is 6.92 Å². The zero-order valence-corrected chi connectivity index (χ0v) is 9.58. The van der Waals surface area contributed by atoms with Crippen LogP contribution in [0, 0.1) is 17.8 Å². The van der Waals surface area contributed by atoms with Crippen LogP contribution in [-0.2, 0) is 9.53 Å². The molecule has 0 aromatic rings. The molecule has 1 saturated carbocycles. The highest BCUT2D eigenvalue weighted by Gasteiger charge is 2.51. The molecular formula is C12H22O2. The van der Waals surface area contributed by atoms with Gasteiger partial charge in [0.2, 0.25) is 0 Å². The standard InChI is InChI=1S/C12H22O2/c1-4-6-7-8-10-9(3)11(10)12(13)14-5-2/h9-11H,4-8H2,1-3H3. The van der Waals surface area contributed by atoms with Crippen molar-refractivity contribution in [1.29, 1.82) is 0 Å². The third kappa shape index (κ3) is 2.73. The Morgan fingerprint density at radius 3 is 2.57 bits per heavy atom. The van der Waals surface area contributed by atoms with Gasteiger partial charge in [-0.05, 0) is 25.2 Å². The lowest BCUT2D eigenvalue weighted by Crippen LogP contribution is -2.08. The Hall–Kier alpha value is -0.530. The van der Waals surface area contributed by atoms with Crippen molar-refractivity contribution in [2.45, 2.75) is 46.5 Å². The fourth-order valence-electron chi connectivity index (χ4n) is 2.25. The van der Waals surface area contributed by atoms with Crippen LogP contribution in [0.1, 0.15) is 46.5 Å². The molecule has 0 heterocycles. The first-order valence-corrected chi connectivity index (χ1v) is 5.89. The average molecular weight is 198 g/mol. The molecule has 14 heavy (non-hydrogen) atoms. The monoisotopic (exact) mass is 198 g/mol. The van der Waals surface area contributed by atoms with Gasteiger partial charge in [0.1, 0.15) is 0 Å². The minimum atomic E-state index is 0.0292.